The first-order valence-corrected chi connectivity index (χ1v) is 6.23. The minimum absolute atomic E-state index is 0.238. The van der Waals surface area contributed by atoms with E-state index in [0.717, 1.165) is 5.56 Å². The van der Waals surface area contributed by atoms with E-state index >= 15 is 0 Å². The average molecular weight is 298 g/mol. The molecule has 0 radical (unpaired) electrons. The summed E-state index contributed by atoms with van der Waals surface area (Å²) in [6.07, 6.45) is 1.87. The van der Waals surface area contributed by atoms with Crippen molar-refractivity contribution in [2.75, 3.05) is 0 Å². The van der Waals surface area contributed by atoms with Crippen molar-refractivity contribution in [2.45, 2.75) is 6.42 Å². The molecule has 0 aliphatic carbocycles. The van der Waals surface area contributed by atoms with Crippen LogP contribution in [0, 0.1) is 11.3 Å². The van der Waals surface area contributed by atoms with Gasteiger partial charge in [-0.05, 0) is 23.8 Å². The Morgan fingerprint density at radius 3 is 2.56 bits per heavy atom. The Labute approximate surface area is 120 Å². The van der Waals surface area contributed by atoms with Crippen LogP contribution in [0.4, 0.5) is 0 Å². The van der Waals surface area contributed by atoms with Crippen LogP contribution in [-0.4, -0.2) is 4.98 Å². The topological polar surface area (TPSA) is 36.7 Å². The minimum atomic E-state index is 0.238. The average Bonchev–Trinajstić information content (AvgIpc) is 2.37. The molecule has 0 unspecified atom stereocenters. The van der Waals surface area contributed by atoms with Gasteiger partial charge in [0.15, 0.2) is 0 Å². The number of pyridine rings is 1. The molecule has 0 saturated heterocycles. The predicted molar refractivity (Wildman–Crippen MR) is 74.0 cm³/mol. The highest BCUT2D eigenvalue weighted by Gasteiger charge is 2.15. The lowest BCUT2D eigenvalue weighted by molar-refractivity contribution is 1.20. The zero-order valence-electron chi connectivity index (χ0n) is 9.12. The molecule has 2 aromatic rings. The van der Waals surface area contributed by atoms with E-state index in [4.69, 9.17) is 40.1 Å². The van der Waals surface area contributed by atoms with Crippen molar-refractivity contribution in [2.24, 2.45) is 0 Å². The molecule has 0 N–H and O–H groups in total. The second-order valence-electron chi connectivity index (χ2n) is 3.56. The number of halogens is 3. The van der Waals surface area contributed by atoms with E-state index in [-0.39, 0.29) is 6.42 Å². The van der Waals surface area contributed by atoms with Crippen molar-refractivity contribution in [3.63, 3.8) is 0 Å². The first kappa shape index (κ1) is 13.2. The van der Waals surface area contributed by atoms with Crippen LogP contribution in [0.15, 0.2) is 30.5 Å². The maximum atomic E-state index is 8.81. The highest BCUT2D eigenvalue weighted by Crippen LogP contribution is 2.39. The Hall–Kier alpha value is -1.27. The fourth-order valence-electron chi connectivity index (χ4n) is 1.64. The Bertz CT molecular complexity index is 633. The predicted octanol–water partition coefficient (Wildman–Crippen LogP) is 4.77. The maximum Gasteiger partial charge on any atom is 0.0774 e. The zero-order chi connectivity index (χ0) is 13.1. The number of rotatable bonds is 2. The molecular formula is C13H7Cl3N2. The largest absolute Gasteiger partial charge is 0.256 e. The summed E-state index contributed by atoms with van der Waals surface area (Å²) in [6.45, 7) is 0. The van der Waals surface area contributed by atoms with Crippen molar-refractivity contribution in [1.82, 2.24) is 4.98 Å². The summed E-state index contributed by atoms with van der Waals surface area (Å²) in [5.74, 6) is 0. The Balaban J connectivity index is 2.70. The van der Waals surface area contributed by atoms with E-state index < -0.39 is 0 Å². The standard InChI is InChI=1S/C13H7Cl3N2/c14-9-3-4-10(15)12(16)11(9)13-8(5-6-17)2-1-7-18-13/h1-4,7H,5H2. The quantitative estimate of drug-likeness (QED) is 0.748. The smallest absolute Gasteiger partial charge is 0.0774 e. The third kappa shape index (κ3) is 2.44. The Kier molecular flexibility index (Phi) is 4.08. The first-order chi connectivity index (χ1) is 8.65. The SMILES string of the molecule is N#CCc1cccnc1-c1c(Cl)ccc(Cl)c1Cl. The maximum absolute atomic E-state index is 8.81. The van der Waals surface area contributed by atoms with Gasteiger partial charge < -0.3 is 0 Å². The monoisotopic (exact) mass is 296 g/mol. The molecule has 0 saturated carbocycles. The van der Waals surface area contributed by atoms with Crippen LogP contribution in [-0.2, 0) is 6.42 Å². The van der Waals surface area contributed by atoms with Gasteiger partial charge in [0, 0.05) is 11.8 Å². The number of nitriles is 1. The molecule has 1 aromatic heterocycles. The molecule has 90 valence electrons. The Morgan fingerprint density at radius 2 is 1.83 bits per heavy atom. The molecule has 0 aliphatic rings. The molecular weight excluding hydrogens is 291 g/mol. The number of aromatic nitrogens is 1. The molecule has 1 aromatic carbocycles. The molecule has 0 atom stereocenters. The number of nitrogens with zero attached hydrogens (tertiary/aromatic N) is 2. The third-order valence-corrected chi connectivity index (χ3v) is 3.56. The molecule has 18 heavy (non-hydrogen) atoms. The summed E-state index contributed by atoms with van der Waals surface area (Å²) in [7, 11) is 0. The summed E-state index contributed by atoms with van der Waals surface area (Å²) in [5, 5.41) is 10.0. The molecule has 0 spiro atoms. The van der Waals surface area contributed by atoms with Crippen LogP contribution in [0.1, 0.15) is 5.56 Å². The summed E-state index contributed by atoms with van der Waals surface area (Å²) in [4.78, 5) is 4.25. The summed E-state index contributed by atoms with van der Waals surface area (Å²) in [6, 6.07) is 8.96. The number of benzene rings is 1. The summed E-state index contributed by atoms with van der Waals surface area (Å²) in [5.41, 5.74) is 1.93. The van der Waals surface area contributed by atoms with Gasteiger partial charge in [0.2, 0.25) is 0 Å². The van der Waals surface area contributed by atoms with Crippen LogP contribution in [0.25, 0.3) is 11.3 Å². The van der Waals surface area contributed by atoms with Crippen LogP contribution in [0.2, 0.25) is 15.1 Å². The highest BCUT2D eigenvalue weighted by atomic mass is 35.5. The molecule has 0 bridgehead atoms. The van der Waals surface area contributed by atoms with Gasteiger partial charge in [-0.25, -0.2) is 0 Å². The van der Waals surface area contributed by atoms with Gasteiger partial charge in [-0.15, -0.1) is 0 Å². The highest BCUT2D eigenvalue weighted by molar-refractivity contribution is 6.46. The van der Waals surface area contributed by atoms with Crippen molar-refractivity contribution in [3.8, 4) is 17.3 Å². The zero-order valence-corrected chi connectivity index (χ0v) is 11.4. The van der Waals surface area contributed by atoms with Crippen molar-refractivity contribution in [1.29, 1.82) is 5.26 Å². The fourth-order valence-corrected chi connectivity index (χ4v) is 2.34. The van der Waals surface area contributed by atoms with Crippen LogP contribution < -0.4 is 0 Å². The molecule has 0 fully saturated rings. The van der Waals surface area contributed by atoms with Gasteiger partial charge in [0.1, 0.15) is 0 Å². The second-order valence-corrected chi connectivity index (χ2v) is 4.76. The van der Waals surface area contributed by atoms with Gasteiger partial charge in [-0.1, -0.05) is 40.9 Å². The minimum Gasteiger partial charge on any atom is -0.256 e. The third-order valence-electron chi connectivity index (χ3n) is 2.44. The fraction of sp³-hybridized carbons (Fsp3) is 0.0769. The number of hydrogen-bond donors (Lipinski definition) is 0. The lowest BCUT2D eigenvalue weighted by Gasteiger charge is -2.10. The van der Waals surface area contributed by atoms with Gasteiger partial charge >= 0.3 is 0 Å². The van der Waals surface area contributed by atoms with E-state index in [0.29, 0.717) is 26.3 Å². The van der Waals surface area contributed by atoms with Crippen LogP contribution >= 0.6 is 34.8 Å². The van der Waals surface area contributed by atoms with E-state index in [9.17, 15) is 0 Å². The molecule has 5 heteroatoms. The van der Waals surface area contributed by atoms with Crippen LogP contribution in [0.5, 0.6) is 0 Å². The number of hydrogen-bond acceptors (Lipinski definition) is 2. The van der Waals surface area contributed by atoms with E-state index in [1.165, 1.54) is 0 Å². The summed E-state index contributed by atoms with van der Waals surface area (Å²) >= 11 is 18.3. The first-order valence-electron chi connectivity index (χ1n) is 5.10. The van der Waals surface area contributed by atoms with E-state index in [1.807, 2.05) is 6.07 Å². The van der Waals surface area contributed by atoms with Crippen molar-refractivity contribution in [3.05, 3.63) is 51.1 Å². The van der Waals surface area contributed by atoms with Crippen LogP contribution in [0.3, 0.4) is 0 Å². The van der Waals surface area contributed by atoms with Gasteiger partial charge in [0.05, 0.1) is 33.3 Å². The molecule has 0 amide bonds. The van der Waals surface area contributed by atoms with E-state index in [1.54, 1.807) is 24.4 Å². The molecule has 1 heterocycles. The Morgan fingerprint density at radius 1 is 1.11 bits per heavy atom. The molecule has 2 nitrogen and oxygen atoms in total. The van der Waals surface area contributed by atoms with Gasteiger partial charge in [-0.3, -0.25) is 4.98 Å². The van der Waals surface area contributed by atoms with Crippen molar-refractivity contribution < 1.29 is 0 Å². The van der Waals surface area contributed by atoms with Gasteiger partial charge in [0.25, 0.3) is 0 Å². The molecule has 0 aliphatic heterocycles. The lowest BCUT2D eigenvalue weighted by Crippen LogP contribution is -1.93. The normalized spacial score (nSPS) is 10.1. The summed E-state index contributed by atoms with van der Waals surface area (Å²) < 4.78 is 0. The van der Waals surface area contributed by atoms with E-state index in [2.05, 4.69) is 11.1 Å². The second kappa shape index (κ2) is 5.58. The van der Waals surface area contributed by atoms with Crippen molar-refractivity contribution >= 4 is 34.8 Å². The van der Waals surface area contributed by atoms with Gasteiger partial charge in [-0.2, -0.15) is 5.26 Å². The molecule has 2 rings (SSSR count). The lowest BCUT2D eigenvalue weighted by atomic mass is 10.0.